The molecule has 0 unspecified atom stereocenters. The van der Waals surface area contributed by atoms with Crippen LogP contribution < -0.4 is 10.9 Å². The Morgan fingerprint density at radius 2 is 1.67 bits per heavy atom. The molecule has 2 aromatic carbocycles. The van der Waals surface area contributed by atoms with Crippen LogP contribution >= 0.6 is 34.8 Å². The molecular formula is C17H13Cl3N2O2. The number of benzene rings is 2. The number of hydrazine groups is 1. The second-order valence-corrected chi connectivity index (χ2v) is 6.04. The van der Waals surface area contributed by atoms with E-state index in [-0.39, 0.29) is 12.3 Å². The molecule has 0 aliphatic carbocycles. The maximum atomic E-state index is 11.8. The summed E-state index contributed by atoms with van der Waals surface area (Å²) in [5.74, 6) is -0.838. The molecule has 0 aliphatic rings. The Morgan fingerprint density at radius 1 is 0.958 bits per heavy atom. The topological polar surface area (TPSA) is 58.2 Å². The van der Waals surface area contributed by atoms with Gasteiger partial charge in [0, 0.05) is 11.1 Å². The molecule has 0 spiro atoms. The van der Waals surface area contributed by atoms with E-state index in [1.807, 2.05) is 0 Å². The van der Waals surface area contributed by atoms with Gasteiger partial charge in [0.15, 0.2) is 0 Å². The number of halogens is 3. The second-order valence-electron chi connectivity index (χ2n) is 4.82. The lowest BCUT2D eigenvalue weighted by atomic mass is 10.1. The zero-order valence-corrected chi connectivity index (χ0v) is 14.6. The molecule has 0 saturated carbocycles. The van der Waals surface area contributed by atoms with Gasteiger partial charge in [-0.15, -0.1) is 0 Å². The van der Waals surface area contributed by atoms with E-state index in [2.05, 4.69) is 10.9 Å². The Kier molecular flexibility index (Phi) is 6.67. The minimum absolute atomic E-state index is 0.126. The quantitative estimate of drug-likeness (QED) is 0.618. The van der Waals surface area contributed by atoms with E-state index in [4.69, 9.17) is 34.8 Å². The van der Waals surface area contributed by atoms with E-state index < -0.39 is 5.91 Å². The standard InChI is InChI=1S/C17H13Cl3N2O2/c18-13-7-4-11(5-8-13)10-16(24)22-21-15(23)9-6-12-2-1-3-14(19)17(12)20/h1-9H,10H2,(H,21,23)(H,22,24)/b9-6+. The van der Waals surface area contributed by atoms with Crippen molar-refractivity contribution in [3.63, 3.8) is 0 Å². The summed E-state index contributed by atoms with van der Waals surface area (Å²) in [6.07, 6.45) is 2.89. The number of amides is 2. The Balaban J connectivity index is 1.84. The molecule has 0 radical (unpaired) electrons. The number of nitrogens with one attached hydrogen (secondary N) is 2. The van der Waals surface area contributed by atoms with Crippen molar-refractivity contribution >= 4 is 52.7 Å². The average molecular weight is 384 g/mol. The van der Waals surface area contributed by atoms with Gasteiger partial charge in [-0.3, -0.25) is 20.4 Å². The first kappa shape index (κ1) is 18.3. The molecule has 2 amide bonds. The first-order chi connectivity index (χ1) is 11.5. The van der Waals surface area contributed by atoms with Crippen LogP contribution in [-0.2, 0) is 16.0 Å². The minimum atomic E-state index is -0.490. The van der Waals surface area contributed by atoms with Crippen molar-refractivity contribution in [2.24, 2.45) is 0 Å². The number of carbonyl (C=O) groups is 2. The van der Waals surface area contributed by atoms with Crippen LogP contribution in [0.15, 0.2) is 48.5 Å². The molecule has 4 nitrogen and oxygen atoms in total. The fourth-order valence-corrected chi connectivity index (χ4v) is 2.32. The summed E-state index contributed by atoms with van der Waals surface area (Å²) in [6, 6.07) is 12.0. The lowest BCUT2D eigenvalue weighted by molar-refractivity contribution is -0.126. The van der Waals surface area contributed by atoms with Crippen LogP contribution in [0.1, 0.15) is 11.1 Å². The molecule has 2 N–H and O–H groups in total. The number of hydrogen-bond donors (Lipinski definition) is 2. The molecule has 7 heteroatoms. The molecular weight excluding hydrogens is 371 g/mol. The van der Waals surface area contributed by atoms with Gasteiger partial charge >= 0.3 is 0 Å². The van der Waals surface area contributed by atoms with E-state index in [1.165, 1.54) is 12.2 Å². The van der Waals surface area contributed by atoms with Gasteiger partial charge in [0.25, 0.3) is 5.91 Å². The van der Waals surface area contributed by atoms with Crippen molar-refractivity contribution in [1.82, 2.24) is 10.9 Å². The smallest absolute Gasteiger partial charge is 0.262 e. The van der Waals surface area contributed by atoms with Crippen LogP contribution in [0, 0.1) is 0 Å². The summed E-state index contributed by atoms with van der Waals surface area (Å²) in [4.78, 5) is 23.5. The number of hydrogen-bond acceptors (Lipinski definition) is 2. The van der Waals surface area contributed by atoms with Gasteiger partial charge in [-0.2, -0.15) is 0 Å². The zero-order valence-electron chi connectivity index (χ0n) is 12.4. The van der Waals surface area contributed by atoms with Crippen molar-refractivity contribution in [2.75, 3.05) is 0 Å². The van der Waals surface area contributed by atoms with Crippen LogP contribution in [0.2, 0.25) is 15.1 Å². The third-order valence-corrected chi connectivity index (χ3v) is 4.08. The highest BCUT2D eigenvalue weighted by molar-refractivity contribution is 6.42. The van der Waals surface area contributed by atoms with Crippen LogP contribution in [0.25, 0.3) is 6.08 Å². The summed E-state index contributed by atoms with van der Waals surface area (Å²) in [5, 5.41) is 1.35. The van der Waals surface area contributed by atoms with Gasteiger partial charge in [-0.25, -0.2) is 0 Å². The molecule has 0 bridgehead atoms. The predicted octanol–water partition coefficient (Wildman–Crippen LogP) is 4.05. The normalized spacial score (nSPS) is 10.6. The lowest BCUT2D eigenvalue weighted by Gasteiger charge is -2.05. The summed E-state index contributed by atoms with van der Waals surface area (Å²) in [6.45, 7) is 0. The largest absolute Gasteiger partial charge is 0.273 e. The average Bonchev–Trinajstić information content (AvgIpc) is 2.56. The first-order valence-electron chi connectivity index (χ1n) is 6.91. The van der Waals surface area contributed by atoms with Crippen molar-refractivity contribution in [3.8, 4) is 0 Å². The second kappa shape index (κ2) is 8.73. The Hall–Kier alpha value is -2.01. The van der Waals surface area contributed by atoms with Crippen LogP contribution in [0.5, 0.6) is 0 Å². The van der Waals surface area contributed by atoms with Gasteiger partial charge in [-0.05, 0) is 35.4 Å². The molecule has 2 rings (SSSR count). The van der Waals surface area contributed by atoms with E-state index in [1.54, 1.807) is 42.5 Å². The third kappa shape index (κ3) is 5.57. The maximum absolute atomic E-state index is 11.8. The SMILES string of the molecule is O=C(/C=C/c1cccc(Cl)c1Cl)NNC(=O)Cc1ccc(Cl)cc1. The monoisotopic (exact) mass is 382 g/mol. The highest BCUT2D eigenvalue weighted by Crippen LogP contribution is 2.26. The molecule has 0 fully saturated rings. The summed E-state index contributed by atoms with van der Waals surface area (Å²) in [5.41, 5.74) is 6.01. The molecule has 24 heavy (non-hydrogen) atoms. The van der Waals surface area contributed by atoms with E-state index in [0.717, 1.165) is 5.56 Å². The van der Waals surface area contributed by atoms with Crippen molar-refractivity contribution in [3.05, 3.63) is 74.7 Å². The van der Waals surface area contributed by atoms with E-state index >= 15 is 0 Å². The fraction of sp³-hybridized carbons (Fsp3) is 0.0588. The molecule has 0 aliphatic heterocycles. The lowest BCUT2D eigenvalue weighted by Crippen LogP contribution is -2.41. The minimum Gasteiger partial charge on any atom is -0.273 e. The van der Waals surface area contributed by atoms with Gasteiger partial charge in [0.05, 0.1) is 16.5 Å². The highest BCUT2D eigenvalue weighted by Gasteiger charge is 2.05. The van der Waals surface area contributed by atoms with E-state index in [0.29, 0.717) is 20.6 Å². The van der Waals surface area contributed by atoms with Gasteiger partial charge in [-0.1, -0.05) is 59.1 Å². The van der Waals surface area contributed by atoms with E-state index in [9.17, 15) is 9.59 Å². The van der Waals surface area contributed by atoms with Crippen LogP contribution in [0.4, 0.5) is 0 Å². The van der Waals surface area contributed by atoms with Gasteiger partial charge < -0.3 is 0 Å². The number of carbonyl (C=O) groups excluding carboxylic acids is 2. The zero-order chi connectivity index (χ0) is 17.5. The maximum Gasteiger partial charge on any atom is 0.262 e. The first-order valence-corrected chi connectivity index (χ1v) is 8.04. The summed E-state index contributed by atoms with van der Waals surface area (Å²) < 4.78 is 0. The molecule has 0 heterocycles. The summed E-state index contributed by atoms with van der Waals surface area (Å²) >= 11 is 17.7. The molecule has 124 valence electrons. The number of rotatable bonds is 4. The van der Waals surface area contributed by atoms with Crippen LogP contribution in [0.3, 0.4) is 0 Å². The summed E-state index contributed by atoms with van der Waals surface area (Å²) in [7, 11) is 0. The van der Waals surface area contributed by atoms with Crippen molar-refractivity contribution in [2.45, 2.75) is 6.42 Å². The Bertz CT molecular complexity index is 774. The highest BCUT2D eigenvalue weighted by atomic mass is 35.5. The molecule has 2 aromatic rings. The van der Waals surface area contributed by atoms with Gasteiger partial charge in [0.1, 0.15) is 0 Å². The van der Waals surface area contributed by atoms with Crippen molar-refractivity contribution in [1.29, 1.82) is 0 Å². The molecule has 0 aromatic heterocycles. The van der Waals surface area contributed by atoms with Crippen LogP contribution in [-0.4, -0.2) is 11.8 Å². The molecule has 0 atom stereocenters. The Labute approximate surface area is 154 Å². The predicted molar refractivity (Wildman–Crippen MR) is 96.9 cm³/mol. The van der Waals surface area contributed by atoms with Gasteiger partial charge in [0.2, 0.25) is 5.91 Å². The Morgan fingerprint density at radius 3 is 2.38 bits per heavy atom. The fourth-order valence-electron chi connectivity index (χ4n) is 1.82. The third-order valence-electron chi connectivity index (χ3n) is 3.00. The molecule has 0 saturated heterocycles. The van der Waals surface area contributed by atoms with Crippen molar-refractivity contribution < 1.29 is 9.59 Å².